The predicted molar refractivity (Wildman–Crippen MR) is 63.5 cm³/mol. The summed E-state index contributed by atoms with van der Waals surface area (Å²) in [5.41, 5.74) is -1.49. The van der Waals surface area contributed by atoms with E-state index in [1.807, 2.05) is 0 Å². The number of nitrogens with zero attached hydrogens (tertiary/aromatic N) is 1. The number of halogens is 4. The summed E-state index contributed by atoms with van der Waals surface area (Å²) in [5.74, 6) is 0.141. The zero-order valence-corrected chi connectivity index (χ0v) is 10.3. The van der Waals surface area contributed by atoms with E-state index in [4.69, 9.17) is 16.3 Å². The SMILES string of the molecule is COc1cccc2c(C(=O)Cl)cc(C(F)(F)F)nc12. The predicted octanol–water partition coefficient (Wildman–Crippen LogP) is 3.64. The molecule has 0 spiro atoms. The maximum atomic E-state index is 12.7. The van der Waals surface area contributed by atoms with Crippen LogP contribution in [0.15, 0.2) is 24.3 Å². The molecule has 0 fully saturated rings. The van der Waals surface area contributed by atoms with Gasteiger partial charge in [0.1, 0.15) is 17.0 Å². The summed E-state index contributed by atoms with van der Waals surface area (Å²) in [4.78, 5) is 14.8. The van der Waals surface area contributed by atoms with Gasteiger partial charge in [-0.05, 0) is 23.7 Å². The molecule has 0 atom stereocenters. The van der Waals surface area contributed by atoms with Crippen LogP contribution in [0.25, 0.3) is 10.9 Å². The van der Waals surface area contributed by atoms with Crippen LogP contribution in [0.1, 0.15) is 16.1 Å². The second-order valence-electron chi connectivity index (χ2n) is 3.68. The largest absolute Gasteiger partial charge is 0.494 e. The lowest BCUT2D eigenvalue weighted by atomic mass is 10.1. The molecule has 0 saturated carbocycles. The van der Waals surface area contributed by atoms with Gasteiger partial charge in [-0.25, -0.2) is 4.98 Å². The molecular formula is C12H7ClF3NO2. The van der Waals surface area contributed by atoms with E-state index in [2.05, 4.69) is 4.98 Å². The zero-order valence-electron chi connectivity index (χ0n) is 9.58. The molecule has 19 heavy (non-hydrogen) atoms. The number of aromatic nitrogens is 1. The van der Waals surface area contributed by atoms with E-state index in [9.17, 15) is 18.0 Å². The second kappa shape index (κ2) is 4.70. The van der Waals surface area contributed by atoms with Crippen LogP contribution >= 0.6 is 11.6 Å². The fraction of sp³-hybridized carbons (Fsp3) is 0.167. The molecule has 0 aliphatic heterocycles. The maximum Gasteiger partial charge on any atom is 0.433 e. The number of hydrogen-bond acceptors (Lipinski definition) is 3. The van der Waals surface area contributed by atoms with E-state index in [0.717, 1.165) is 0 Å². The molecule has 1 aromatic heterocycles. The lowest BCUT2D eigenvalue weighted by molar-refractivity contribution is -0.140. The van der Waals surface area contributed by atoms with Crippen LogP contribution in [0.4, 0.5) is 13.2 Å². The second-order valence-corrected chi connectivity index (χ2v) is 4.03. The Morgan fingerprint density at radius 1 is 1.37 bits per heavy atom. The third-order valence-corrected chi connectivity index (χ3v) is 2.73. The Bertz CT molecular complexity index is 655. The maximum absolute atomic E-state index is 12.7. The van der Waals surface area contributed by atoms with Gasteiger partial charge in [0.2, 0.25) is 0 Å². The first kappa shape index (κ1) is 13.6. The van der Waals surface area contributed by atoms with Gasteiger partial charge in [-0.2, -0.15) is 13.2 Å². The topological polar surface area (TPSA) is 39.2 Å². The molecule has 0 N–H and O–H groups in total. The summed E-state index contributed by atoms with van der Waals surface area (Å²) in [5, 5.41) is -0.765. The number of alkyl halides is 3. The molecule has 0 saturated heterocycles. The molecule has 2 aromatic rings. The molecule has 0 amide bonds. The Labute approximate surface area is 111 Å². The number of pyridine rings is 1. The molecule has 0 aliphatic carbocycles. The smallest absolute Gasteiger partial charge is 0.433 e. The number of benzene rings is 1. The number of rotatable bonds is 2. The molecule has 1 aromatic carbocycles. The van der Waals surface area contributed by atoms with Gasteiger partial charge >= 0.3 is 6.18 Å². The van der Waals surface area contributed by atoms with Gasteiger partial charge in [0.15, 0.2) is 0 Å². The van der Waals surface area contributed by atoms with Crippen LogP contribution in [0.2, 0.25) is 0 Å². The van der Waals surface area contributed by atoms with Crippen molar-refractivity contribution in [2.24, 2.45) is 0 Å². The third-order valence-electron chi connectivity index (χ3n) is 2.52. The quantitative estimate of drug-likeness (QED) is 0.792. The van der Waals surface area contributed by atoms with E-state index < -0.39 is 17.1 Å². The summed E-state index contributed by atoms with van der Waals surface area (Å²) >= 11 is 5.32. The van der Waals surface area contributed by atoms with Crippen LogP contribution in [-0.4, -0.2) is 17.3 Å². The lowest BCUT2D eigenvalue weighted by Gasteiger charge is -2.11. The minimum atomic E-state index is -4.67. The number of methoxy groups -OCH3 is 1. The van der Waals surface area contributed by atoms with Gasteiger partial charge in [-0.1, -0.05) is 12.1 Å². The average molecular weight is 290 g/mol. The minimum absolute atomic E-state index is 0.0520. The number of carbonyl (C=O) groups is 1. The molecule has 1 heterocycles. The highest BCUT2D eigenvalue weighted by Crippen LogP contribution is 2.34. The van der Waals surface area contributed by atoms with Crippen LogP contribution in [-0.2, 0) is 6.18 Å². The highest BCUT2D eigenvalue weighted by atomic mass is 35.5. The number of ether oxygens (including phenoxy) is 1. The fourth-order valence-electron chi connectivity index (χ4n) is 1.69. The van der Waals surface area contributed by atoms with Crippen molar-refractivity contribution in [1.82, 2.24) is 4.98 Å². The summed E-state index contributed by atoms with van der Waals surface area (Å²) < 4.78 is 43.2. The molecule has 3 nitrogen and oxygen atoms in total. The molecule has 0 radical (unpaired) electrons. The normalized spacial score (nSPS) is 11.6. The highest BCUT2D eigenvalue weighted by Gasteiger charge is 2.34. The first-order valence-electron chi connectivity index (χ1n) is 5.09. The summed E-state index contributed by atoms with van der Waals surface area (Å²) in [7, 11) is 1.30. The van der Waals surface area contributed by atoms with E-state index in [0.29, 0.717) is 6.07 Å². The Balaban J connectivity index is 2.88. The van der Waals surface area contributed by atoms with Gasteiger partial charge < -0.3 is 4.74 Å². The van der Waals surface area contributed by atoms with Crippen LogP contribution in [0.3, 0.4) is 0 Å². The van der Waals surface area contributed by atoms with Crippen molar-refractivity contribution in [3.63, 3.8) is 0 Å². The van der Waals surface area contributed by atoms with Crippen molar-refractivity contribution in [2.45, 2.75) is 6.18 Å². The number of carbonyl (C=O) groups excluding carboxylic acids is 1. The minimum Gasteiger partial charge on any atom is -0.494 e. The van der Waals surface area contributed by atoms with Gasteiger partial charge in [0.25, 0.3) is 5.24 Å². The van der Waals surface area contributed by atoms with Gasteiger partial charge in [0, 0.05) is 10.9 Å². The molecule has 0 aliphatic rings. The van der Waals surface area contributed by atoms with Gasteiger partial charge in [0.05, 0.1) is 7.11 Å². The third kappa shape index (κ3) is 2.49. The number of para-hydroxylation sites is 1. The first-order chi connectivity index (χ1) is 8.84. The van der Waals surface area contributed by atoms with Crippen LogP contribution in [0.5, 0.6) is 5.75 Å². The molecule has 2 rings (SSSR count). The summed E-state index contributed by atoms with van der Waals surface area (Å²) in [6.07, 6.45) is -4.67. The van der Waals surface area contributed by atoms with Gasteiger partial charge in [-0.15, -0.1) is 0 Å². The number of fused-ring (bicyclic) bond motifs is 1. The van der Waals surface area contributed by atoms with Crippen molar-refractivity contribution < 1.29 is 22.7 Å². The van der Waals surface area contributed by atoms with E-state index in [1.165, 1.54) is 19.2 Å². The monoisotopic (exact) mass is 289 g/mol. The van der Waals surface area contributed by atoms with Crippen LogP contribution in [0, 0.1) is 0 Å². The Kier molecular flexibility index (Phi) is 3.36. The average Bonchev–Trinajstić information content (AvgIpc) is 2.35. The molecule has 7 heteroatoms. The molecule has 0 bridgehead atoms. The van der Waals surface area contributed by atoms with Crippen molar-refractivity contribution in [1.29, 1.82) is 0 Å². The fourth-order valence-corrected chi connectivity index (χ4v) is 1.85. The van der Waals surface area contributed by atoms with E-state index >= 15 is 0 Å². The Hall–Kier alpha value is -1.82. The summed E-state index contributed by atoms with van der Waals surface area (Å²) in [6, 6.07) is 5.09. The van der Waals surface area contributed by atoms with E-state index in [1.54, 1.807) is 6.07 Å². The molecular weight excluding hydrogens is 283 g/mol. The van der Waals surface area contributed by atoms with Crippen molar-refractivity contribution in [3.8, 4) is 5.75 Å². The Morgan fingerprint density at radius 2 is 2.05 bits per heavy atom. The Morgan fingerprint density at radius 3 is 2.58 bits per heavy atom. The lowest BCUT2D eigenvalue weighted by Crippen LogP contribution is -2.10. The van der Waals surface area contributed by atoms with Crippen molar-refractivity contribution in [3.05, 3.63) is 35.5 Å². The van der Waals surface area contributed by atoms with E-state index in [-0.39, 0.29) is 22.2 Å². The molecule has 0 unspecified atom stereocenters. The highest BCUT2D eigenvalue weighted by molar-refractivity contribution is 6.68. The zero-order chi connectivity index (χ0) is 14.2. The van der Waals surface area contributed by atoms with Crippen LogP contribution < -0.4 is 4.74 Å². The van der Waals surface area contributed by atoms with Gasteiger partial charge in [-0.3, -0.25) is 4.79 Å². The van der Waals surface area contributed by atoms with Crippen molar-refractivity contribution >= 4 is 27.7 Å². The standard InChI is InChI=1S/C12H7ClF3NO2/c1-19-8-4-2-3-6-7(11(13)18)5-9(12(14,15)16)17-10(6)8/h2-5H,1H3. The van der Waals surface area contributed by atoms with Crippen molar-refractivity contribution in [2.75, 3.05) is 7.11 Å². The molecule has 100 valence electrons. The first-order valence-corrected chi connectivity index (χ1v) is 5.47. The summed E-state index contributed by atoms with van der Waals surface area (Å²) in [6.45, 7) is 0. The number of hydrogen-bond donors (Lipinski definition) is 0.